The van der Waals surface area contributed by atoms with Gasteiger partial charge < -0.3 is 15.5 Å². The molecule has 2 aliphatic rings. The molecule has 74 valence electrons. The molecule has 1 saturated heterocycles. The van der Waals surface area contributed by atoms with Crippen molar-refractivity contribution in [2.45, 2.75) is 31.3 Å². The van der Waals surface area contributed by atoms with Crippen LogP contribution in [0.25, 0.3) is 0 Å². The Bertz CT molecular complexity index is 229. The lowest BCUT2D eigenvalue weighted by molar-refractivity contribution is -0.158. The Morgan fingerprint density at radius 1 is 1.15 bits per heavy atom. The molecule has 0 aromatic carbocycles. The first-order valence-corrected chi connectivity index (χ1v) is 4.77. The van der Waals surface area contributed by atoms with Gasteiger partial charge >= 0.3 is 5.97 Å². The largest absolute Gasteiger partial charge is 0.481 e. The Kier molecular flexibility index (Phi) is 1.85. The van der Waals surface area contributed by atoms with Crippen molar-refractivity contribution in [1.82, 2.24) is 5.32 Å². The zero-order chi connectivity index (χ0) is 9.53. The minimum atomic E-state index is -0.954. The summed E-state index contributed by atoms with van der Waals surface area (Å²) < 4.78 is 0. The fourth-order valence-electron chi connectivity index (χ4n) is 2.32. The van der Waals surface area contributed by atoms with Crippen LogP contribution in [-0.4, -0.2) is 34.9 Å². The van der Waals surface area contributed by atoms with Crippen molar-refractivity contribution >= 4 is 5.97 Å². The summed E-state index contributed by atoms with van der Waals surface area (Å²) in [5.41, 5.74) is -1.76. The molecule has 0 atom stereocenters. The molecular formula is C9H15NO3. The minimum absolute atomic E-state index is 0.569. The third-order valence-corrected chi connectivity index (χ3v) is 3.48. The number of piperidine rings is 1. The topological polar surface area (TPSA) is 69.6 Å². The number of nitrogens with one attached hydrogen (secondary N) is 1. The number of carboxylic acid groups (broad SMARTS) is 1. The first-order valence-electron chi connectivity index (χ1n) is 4.77. The highest BCUT2D eigenvalue weighted by atomic mass is 16.4. The van der Waals surface area contributed by atoms with Gasteiger partial charge in [-0.15, -0.1) is 0 Å². The van der Waals surface area contributed by atoms with E-state index in [2.05, 4.69) is 5.32 Å². The third-order valence-electron chi connectivity index (χ3n) is 3.48. The van der Waals surface area contributed by atoms with Gasteiger partial charge in [0.05, 0.1) is 11.0 Å². The summed E-state index contributed by atoms with van der Waals surface area (Å²) in [5.74, 6) is -0.822. The predicted octanol–water partition coefficient (Wildman–Crippen LogP) is -0.0343. The van der Waals surface area contributed by atoms with Crippen LogP contribution in [-0.2, 0) is 4.79 Å². The van der Waals surface area contributed by atoms with E-state index in [1.807, 2.05) is 0 Å². The zero-order valence-electron chi connectivity index (χ0n) is 7.55. The molecule has 4 heteroatoms. The molecule has 2 rings (SSSR count). The molecule has 0 spiro atoms. The zero-order valence-corrected chi connectivity index (χ0v) is 7.55. The maximum absolute atomic E-state index is 11.0. The number of hydrogen-bond donors (Lipinski definition) is 3. The molecular weight excluding hydrogens is 170 g/mol. The molecule has 0 radical (unpaired) electrons. The van der Waals surface area contributed by atoms with Gasteiger partial charge in [-0.2, -0.15) is 0 Å². The molecule has 0 bridgehead atoms. The first-order chi connectivity index (χ1) is 6.11. The summed E-state index contributed by atoms with van der Waals surface area (Å²) in [6.07, 6.45) is 2.41. The van der Waals surface area contributed by atoms with Gasteiger partial charge in [-0.3, -0.25) is 4.79 Å². The molecule has 1 heterocycles. The van der Waals surface area contributed by atoms with Crippen LogP contribution < -0.4 is 5.32 Å². The molecule has 0 unspecified atom stereocenters. The number of aliphatic hydroxyl groups is 1. The maximum atomic E-state index is 11.0. The molecule has 4 nitrogen and oxygen atoms in total. The van der Waals surface area contributed by atoms with E-state index in [0.29, 0.717) is 25.7 Å². The van der Waals surface area contributed by atoms with Crippen LogP contribution in [0.2, 0.25) is 0 Å². The van der Waals surface area contributed by atoms with Crippen LogP contribution in [0.5, 0.6) is 0 Å². The van der Waals surface area contributed by atoms with Crippen LogP contribution in [0.1, 0.15) is 25.7 Å². The smallest absolute Gasteiger partial charge is 0.312 e. The summed E-state index contributed by atoms with van der Waals surface area (Å²) >= 11 is 0. The van der Waals surface area contributed by atoms with Crippen molar-refractivity contribution in [1.29, 1.82) is 0 Å². The lowest BCUT2D eigenvalue weighted by atomic mass is 9.77. The molecule has 3 N–H and O–H groups in total. The summed E-state index contributed by atoms with van der Waals surface area (Å²) in [6.45, 7) is 1.46. The summed E-state index contributed by atoms with van der Waals surface area (Å²) in [6, 6.07) is 0. The third kappa shape index (κ3) is 1.16. The van der Waals surface area contributed by atoms with Crippen LogP contribution in [0, 0.1) is 5.41 Å². The SMILES string of the molecule is O=C(O)C1(C2(O)CCNCC2)CC1. The second-order valence-corrected chi connectivity index (χ2v) is 4.17. The van der Waals surface area contributed by atoms with Gasteiger partial charge in [0.1, 0.15) is 0 Å². The Labute approximate surface area is 76.9 Å². The van der Waals surface area contributed by atoms with E-state index in [1.54, 1.807) is 0 Å². The van der Waals surface area contributed by atoms with Crippen molar-refractivity contribution in [3.63, 3.8) is 0 Å². The van der Waals surface area contributed by atoms with E-state index in [9.17, 15) is 9.90 Å². The number of aliphatic carboxylic acids is 1. The van der Waals surface area contributed by atoms with Gasteiger partial charge in [-0.05, 0) is 38.8 Å². The van der Waals surface area contributed by atoms with E-state index >= 15 is 0 Å². The molecule has 0 amide bonds. The quantitative estimate of drug-likeness (QED) is 0.565. The van der Waals surface area contributed by atoms with Gasteiger partial charge in [0, 0.05) is 0 Å². The average molecular weight is 185 g/mol. The second-order valence-electron chi connectivity index (χ2n) is 4.17. The molecule has 13 heavy (non-hydrogen) atoms. The van der Waals surface area contributed by atoms with Gasteiger partial charge in [0.15, 0.2) is 0 Å². The lowest BCUT2D eigenvalue weighted by Gasteiger charge is -2.37. The highest BCUT2D eigenvalue weighted by molar-refractivity contribution is 5.79. The number of carboxylic acids is 1. The molecule has 1 aliphatic heterocycles. The molecule has 2 fully saturated rings. The summed E-state index contributed by atoms with van der Waals surface area (Å²) in [7, 11) is 0. The minimum Gasteiger partial charge on any atom is -0.481 e. The van der Waals surface area contributed by atoms with Crippen LogP contribution in [0.4, 0.5) is 0 Å². The van der Waals surface area contributed by atoms with Crippen molar-refractivity contribution in [2.24, 2.45) is 5.41 Å². The van der Waals surface area contributed by atoms with E-state index in [-0.39, 0.29) is 0 Å². The standard InChI is InChI=1S/C9H15NO3/c11-7(12)8(1-2-8)9(13)3-5-10-6-4-9/h10,13H,1-6H2,(H,11,12). The Morgan fingerprint density at radius 2 is 1.69 bits per heavy atom. The van der Waals surface area contributed by atoms with Crippen molar-refractivity contribution in [3.05, 3.63) is 0 Å². The Morgan fingerprint density at radius 3 is 2.08 bits per heavy atom. The Balaban J connectivity index is 2.17. The van der Waals surface area contributed by atoms with E-state index < -0.39 is 17.0 Å². The number of rotatable bonds is 2. The van der Waals surface area contributed by atoms with Gasteiger partial charge in [0.25, 0.3) is 0 Å². The van der Waals surface area contributed by atoms with Crippen molar-refractivity contribution in [2.75, 3.05) is 13.1 Å². The van der Waals surface area contributed by atoms with E-state index in [4.69, 9.17) is 5.11 Å². The van der Waals surface area contributed by atoms with Crippen LogP contribution >= 0.6 is 0 Å². The van der Waals surface area contributed by atoms with E-state index in [1.165, 1.54) is 0 Å². The highest BCUT2D eigenvalue weighted by Gasteiger charge is 2.64. The fourth-order valence-corrected chi connectivity index (χ4v) is 2.32. The predicted molar refractivity (Wildman–Crippen MR) is 46.4 cm³/mol. The van der Waals surface area contributed by atoms with Crippen molar-refractivity contribution in [3.8, 4) is 0 Å². The van der Waals surface area contributed by atoms with Crippen molar-refractivity contribution < 1.29 is 15.0 Å². The van der Waals surface area contributed by atoms with Gasteiger partial charge in [-0.1, -0.05) is 0 Å². The highest BCUT2D eigenvalue weighted by Crippen LogP contribution is 2.57. The van der Waals surface area contributed by atoms with Gasteiger partial charge in [-0.25, -0.2) is 0 Å². The van der Waals surface area contributed by atoms with Crippen LogP contribution in [0.15, 0.2) is 0 Å². The maximum Gasteiger partial charge on any atom is 0.312 e. The molecule has 1 saturated carbocycles. The summed E-state index contributed by atoms with van der Waals surface area (Å²) in [5, 5.41) is 22.4. The van der Waals surface area contributed by atoms with E-state index in [0.717, 1.165) is 13.1 Å². The number of hydrogen-bond acceptors (Lipinski definition) is 3. The summed E-state index contributed by atoms with van der Waals surface area (Å²) in [4.78, 5) is 11.0. The normalized spacial score (nSPS) is 29.6. The second kappa shape index (κ2) is 2.69. The average Bonchev–Trinajstić information content (AvgIpc) is 2.85. The fraction of sp³-hybridized carbons (Fsp3) is 0.889. The lowest BCUT2D eigenvalue weighted by Crippen LogP contribution is -2.51. The monoisotopic (exact) mass is 185 g/mol. The number of carbonyl (C=O) groups is 1. The van der Waals surface area contributed by atoms with Gasteiger partial charge in [0.2, 0.25) is 0 Å². The molecule has 0 aromatic heterocycles. The van der Waals surface area contributed by atoms with Crippen LogP contribution in [0.3, 0.4) is 0 Å². The molecule has 0 aromatic rings. The first kappa shape index (κ1) is 8.97. The molecule has 1 aliphatic carbocycles. The Hall–Kier alpha value is -0.610.